The molecule has 5 rings (SSSR count). The van der Waals surface area contributed by atoms with E-state index in [-0.39, 0.29) is 22.4 Å². The maximum Gasteiger partial charge on any atom is 0.416 e. The highest BCUT2D eigenvalue weighted by Gasteiger charge is 2.37. The van der Waals surface area contributed by atoms with E-state index < -0.39 is 52.8 Å². The predicted molar refractivity (Wildman–Crippen MR) is 157 cm³/mol. The van der Waals surface area contributed by atoms with E-state index in [1.54, 1.807) is 13.0 Å². The van der Waals surface area contributed by atoms with Gasteiger partial charge in [0, 0.05) is 48.5 Å². The quantitative estimate of drug-likeness (QED) is 0.185. The number of hydrogen-bond donors (Lipinski definition) is 0. The summed E-state index contributed by atoms with van der Waals surface area (Å²) in [5.74, 6) is -1.91. The Kier molecular flexibility index (Phi) is 9.12. The first-order valence-corrected chi connectivity index (χ1v) is 14.8. The van der Waals surface area contributed by atoms with Gasteiger partial charge in [-0.05, 0) is 55.4 Å². The number of nitrogens with zero attached hydrogens (tertiary/aromatic N) is 3. The summed E-state index contributed by atoms with van der Waals surface area (Å²) in [6.45, 7) is 2.47. The molecule has 2 aromatic carbocycles. The van der Waals surface area contributed by atoms with E-state index in [9.17, 15) is 22.4 Å². The number of fused-ring (bicyclic) bond motifs is 1. The van der Waals surface area contributed by atoms with Gasteiger partial charge in [-0.25, -0.2) is 13.2 Å². The molecule has 0 saturated carbocycles. The maximum absolute atomic E-state index is 15.6. The summed E-state index contributed by atoms with van der Waals surface area (Å²) in [4.78, 5) is 20.2. The molecule has 1 aliphatic rings. The van der Waals surface area contributed by atoms with Crippen molar-refractivity contribution in [3.63, 3.8) is 0 Å². The first kappa shape index (κ1) is 31.6. The van der Waals surface area contributed by atoms with Crippen molar-refractivity contribution in [2.24, 2.45) is 0 Å². The van der Waals surface area contributed by atoms with Crippen molar-refractivity contribution in [3.8, 4) is 16.9 Å². The number of alkyl halides is 3. The number of likely N-dealkylation sites (N-methyl/N-ethyl adjacent to an activating group) is 1. The van der Waals surface area contributed by atoms with Gasteiger partial charge in [-0.15, -0.1) is 11.8 Å². The summed E-state index contributed by atoms with van der Waals surface area (Å²) >= 11 is 1.30. The second-order valence-electron chi connectivity index (χ2n) is 10.7. The topological polar surface area (TPSA) is 47.4 Å². The molecular formula is C32H29F6N3O2S. The van der Waals surface area contributed by atoms with Crippen molar-refractivity contribution < 1.29 is 31.1 Å². The van der Waals surface area contributed by atoms with E-state index in [1.165, 1.54) is 47.7 Å². The third-order valence-corrected chi connectivity index (χ3v) is 9.07. The number of ether oxygens (including phenoxy) is 1. The van der Waals surface area contributed by atoms with Crippen molar-refractivity contribution in [1.29, 1.82) is 0 Å². The summed E-state index contributed by atoms with van der Waals surface area (Å²) < 4.78 is 92.3. The van der Waals surface area contributed by atoms with Gasteiger partial charge < -0.3 is 9.64 Å². The second kappa shape index (κ2) is 12.7. The van der Waals surface area contributed by atoms with Crippen molar-refractivity contribution in [2.45, 2.75) is 37.0 Å². The molecule has 232 valence electrons. The highest BCUT2D eigenvalue weighted by molar-refractivity contribution is 7.99. The maximum atomic E-state index is 15.6. The fraction of sp³-hybridized carbons (Fsp3) is 0.312. The lowest BCUT2D eigenvalue weighted by Gasteiger charge is -2.25. The molecule has 3 heterocycles. The number of rotatable bonds is 9. The van der Waals surface area contributed by atoms with Crippen LogP contribution in [0.2, 0.25) is 0 Å². The molecule has 0 N–H and O–H groups in total. The molecule has 2 aromatic heterocycles. The van der Waals surface area contributed by atoms with Crippen LogP contribution in [-0.4, -0.2) is 47.5 Å². The molecule has 1 atom stereocenters. The minimum Gasteiger partial charge on any atom is -0.494 e. The monoisotopic (exact) mass is 633 g/mol. The Morgan fingerprint density at radius 3 is 2.50 bits per heavy atom. The SMILES string of the molecule is COc1cccc(-c2c(C)c(Cc3c(F)cccc3C(F)(F)F)c3n(c2=O)C(CN(C)CCc2ccc(F)cn2)CS3)c1F. The Labute approximate surface area is 254 Å². The molecule has 0 radical (unpaired) electrons. The van der Waals surface area contributed by atoms with Crippen LogP contribution in [-0.2, 0) is 19.0 Å². The highest BCUT2D eigenvalue weighted by Crippen LogP contribution is 2.42. The van der Waals surface area contributed by atoms with Gasteiger partial charge in [-0.3, -0.25) is 14.3 Å². The number of methoxy groups -OCH3 is 1. The van der Waals surface area contributed by atoms with Crippen LogP contribution in [0.25, 0.3) is 11.1 Å². The van der Waals surface area contributed by atoms with Gasteiger partial charge in [0.2, 0.25) is 0 Å². The lowest BCUT2D eigenvalue weighted by atomic mass is 9.92. The number of thioether (sulfide) groups is 1. The van der Waals surface area contributed by atoms with Crippen LogP contribution in [0, 0.1) is 24.4 Å². The van der Waals surface area contributed by atoms with Crippen molar-refractivity contribution in [3.05, 3.63) is 110 Å². The third kappa shape index (κ3) is 6.23. The third-order valence-electron chi connectivity index (χ3n) is 7.81. The first-order chi connectivity index (χ1) is 20.9. The normalized spacial score (nSPS) is 14.7. The van der Waals surface area contributed by atoms with Crippen LogP contribution in [0.3, 0.4) is 0 Å². The van der Waals surface area contributed by atoms with E-state index in [0.29, 0.717) is 41.5 Å². The number of pyridine rings is 2. The molecule has 12 heteroatoms. The van der Waals surface area contributed by atoms with Crippen LogP contribution >= 0.6 is 11.8 Å². The molecule has 0 bridgehead atoms. The molecule has 5 nitrogen and oxygen atoms in total. The van der Waals surface area contributed by atoms with Crippen molar-refractivity contribution in [1.82, 2.24) is 14.5 Å². The van der Waals surface area contributed by atoms with E-state index in [1.807, 2.05) is 11.9 Å². The van der Waals surface area contributed by atoms with Crippen molar-refractivity contribution >= 4 is 11.8 Å². The predicted octanol–water partition coefficient (Wildman–Crippen LogP) is 7.08. The molecule has 0 aliphatic carbocycles. The van der Waals surface area contributed by atoms with Gasteiger partial charge in [0.1, 0.15) is 11.6 Å². The summed E-state index contributed by atoms with van der Waals surface area (Å²) in [6, 6.07) is 9.66. The number of aromatic nitrogens is 2. The average molecular weight is 634 g/mol. The minimum absolute atomic E-state index is 0.0179. The smallest absolute Gasteiger partial charge is 0.416 e. The van der Waals surface area contributed by atoms with Crippen LogP contribution in [0.15, 0.2) is 64.5 Å². The highest BCUT2D eigenvalue weighted by atomic mass is 32.2. The van der Waals surface area contributed by atoms with E-state index in [0.717, 1.165) is 24.4 Å². The van der Waals surface area contributed by atoms with Crippen molar-refractivity contribution in [2.75, 3.05) is 33.0 Å². The number of halogens is 6. The van der Waals surface area contributed by atoms with Crippen LogP contribution in [0.5, 0.6) is 5.75 Å². The lowest BCUT2D eigenvalue weighted by molar-refractivity contribution is -0.138. The zero-order valence-electron chi connectivity index (χ0n) is 24.1. The van der Waals surface area contributed by atoms with E-state index >= 15 is 8.78 Å². The molecule has 0 spiro atoms. The first-order valence-electron chi connectivity index (χ1n) is 13.8. The number of hydrogen-bond acceptors (Lipinski definition) is 5. The average Bonchev–Trinajstić information content (AvgIpc) is 3.39. The fourth-order valence-corrected chi connectivity index (χ4v) is 6.96. The van der Waals surface area contributed by atoms with Gasteiger partial charge >= 0.3 is 6.18 Å². The van der Waals surface area contributed by atoms with Gasteiger partial charge in [-0.2, -0.15) is 13.2 Å². The minimum atomic E-state index is -4.81. The Morgan fingerprint density at radius 1 is 1.07 bits per heavy atom. The Hall–Kier alpha value is -3.77. The molecule has 1 unspecified atom stereocenters. The Balaban J connectivity index is 1.60. The van der Waals surface area contributed by atoms with Gasteiger partial charge in [-0.1, -0.05) is 18.2 Å². The van der Waals surface area contributed by atoms with Crippen LogP contribution in [0.4, 0.5) is 26.3 Å². The summed E-state index contributed by atoms with van der Waals surface area (Å²) in [5, 5.41) is 0.425. The standard InChI is InChI=1S/C32H29F6N3O2S/c1-18-23(14-24-25(32(36,37)38)7-5-8-26(24)34)31-41(30(42)28(18)22-6-4-9-27(43-3)29(22)35)21(17-44-31)16-40(2)13-12-20-11-10-19(33)15-39-20/h4-11,15,21H,12-14,16-17H2,1-3H3. The van der Waals surface area contributed by atoms with Gasteiger partial charge in [0.25, 0.3) is 5.56 Å². The Morgan fingerprint density at radius 2 is 1.82 bits per heavy atom. The molecule has 44 heavy (non-hydrogen) atoms. The van der Waals surface area contributed by atoms with Gasteiger partial charge in [0.05, 0.1) is 35.5 Å². The summed E-state index contributed by atoms with van der Waals surface area (Å²) in [6.07, 6.45) is -3.60. The molecule has 0 saturated heterocycles. The lowest BCUT2D eigenvalue weighted by Crippen LogP contribution is -2.35. The number of benzene rings is 2. The molecule has 4 aromatic rings. The molecule has 0 fully saturated rings. The van der Waals surface area contributed by atoms with E-state index in [4.69, 9.17) is 4.74 Å². The summed E-state index contributed by atoms with van der Waals surface area (Å²) in [7, 11) is 3.14. The largest absolute Gasteiger partial charge is 0.494 e. The van der Waals surface area contributed by atoms with Crippen LogP contribution in [0.1, 0.15) is 34.0 Å². The molecule has 1 aliphatic heterocycles. The summed E-state index contributed by atoms with van der Waals surface area (Å²) in [5.41, 5.74) is -0.941. The zero-order chi connectivity index (χ0) is 31.8. The molecular weight excluding hydrogens is 604 g/mol. The molecule has 0 amide bonds. The van der Waals surface area contributed by atoms with Gasteiger partial charge in [0.15, 0.2) is 11.6 Å². The zero-order valence-corrected chi connectivity index (χ0v) is 25.0. The Bertz CT molecular complexity index is 1740. The van der Waals surface area contributed by atoms with Crippen LogP contribution < -0.4 is 10.3 Å². The van der Waals surface area contributed by atoms with E-state index in [2.05, 4.69) is 4.98 Å². The fourth-order valence-electron chi connectivity index (χ4n) is 5.58. The second-order valence-corrected chi connectivity index (χ2v) is 11.7.